The summed E-state index contributed by atoms with van der Waals surface area (Å²) in [5.74, 6) is 0.561. The van der Waals surface area contributed by atoms with E-state index in [2.05, 4.69) is 27.6 Å². The van der Waals surface area contributed by atoms with Crippen molar-refractivity contribution in [3.63, 3.8) is 0 Å². The Morgan fingerprint density at radius 1 is 1.24 bits per heavy atom. The number of para-hydroxylation sites is 1. The van der Waals surface area contributed by atoms with Crippen LogP contribution in [0.4, 0.5) is 5.69 Å². The summed E-state index contributed by atoms with van der Waals surface area (Å²) in [5, 5.41) is 0.451. The Balaban J connectivity index is 1.65. The summed E-state index contributed by atoms with van der Waals surface area (Å²) in [6.45, 7) is 0. The van der Waals surface area contributed by atoms with E-state index in [4.69, 9.17) is 4.74 Å². The number of hydrogen-bond acceptors (Lipinski definition) is 5. The number of benzene rings is 2. The molecule has 1 amide bonds. The molecule has 29 heavy (non-hydrogen) atoms. The molecule has 4 rings (SSSR count). The minimum absolute atomic E-state index is 0.0792. The van der Waals surface area contributed by atoms with Gasteiger partial charge in [0, 0.05) is 20.1 Å². The molecule has 2 aliphatic heterocycles. The molecular weight excluding hydrogens is 523 g/mol. The highest BCUT2D eigenvalue weighted by Gasteiger charge is 2.49. The Bertz CT molecular complexity index is 1090. The van der Waals surface area contributed by atoms with Crippen LogP contribution < -0.4 is 9.64 Å². The number of amidine groups is 1. The molecule has 2 heterocycles. The molecule has 2 saturated heterocycles. The molecular formula is C20H19IN2O4S2. The maximum absolute atomic E-state index is 12.7. The molecule has 2 aromatic rings. The zero-order valence-electron chi connectivity index (χ0n) is 15.6. The van der Waals surface area contributed by atoms with Crippen molar-refractivity contribution in [1.29, 1.82) is 0 Å². The lowest BCUT2D eigenvalue weighted by Crippen LogP contribution is -2.37. The average molecular weight is 542 g/mol. The molecule has 9 heteroatoms. The van der Waals surface area contributed by atoms with Gasteiger partial charge in [-0.15, -0.1) is 0 Å². The molecule has 0 bridgehead atoms. The molecule has 2 aromatic carbocycles. The highest BCUT2D eigenvalue weighted by atomic mass is 127. The molecule has 0 aromatic heterocycles. The summed E-state index contributed by atoms with van der Waals surface area (Å²) < 4.78 is 30.7. The lowest BCUT2D eigenvalue weighted by Gasteiger charge is -2.24. The van der Waals surface area contributed by atoms with Crippen LogP contribution in [0, 0.1) is 3.57 Å². The summed E-state index contributed by atoms with van der Waals surface area (Å²) >= 11 is 3.61. The normalized spacial score (nSPS) is 23.9. The summed E-state index contributed by atoms with van der Waals surface area (Å²) in [5.41, 5.74) is 1.63. The smallest absolute Gasteiger partial charge is 0.252 e. The van der Waals surface area contributed by atoms with E-state index in [1.165, 1.54) is 11.8 Å². The number of sulfone groups is 1. The molecule has 0 spiro atoms. The van der Waals surface area contributed by atoms with Gasteiger partial charge >= 0.3 is 0 Å². The Labute approximate surface area is 187 Å². The fourth-order valence-electron chi connectivity index (χ4n) is 3.65. The number of carbonyl (C=O) groups is 1. The highest BCUT2D eigenvalue weighted by Crippen LogP contribution is 2.41. The van der Waals surface area contributed by atoms with Gasteiger partial charge in [0.15, 0.2) is 15.0 Å². The van der Waals surface area contributed by atoms with E-state index in [0.717, 1.165) is 14.8 Å². The molecule has 0 N–H and O–H groups in total. The third kappa shape index (κ3) is 4.46. The molecule has 2 aliphatic rings. The van der Waals surface area contributed by atoms with E-state index in [1.54, 1.807) is 7.11 Å². The number of thioether (sulfide) groups is 1. The number of fused-ring (bicyclic) bond motifs is 1. The third-order valence-corrected chi connectivity index (χ3v) is 8.79. The van der Waals surface area contributed by atoms with Gasteiger partial charge in [-0.1, -0.05) is 36.0 Å². The van der Waals surface area contributed by atoms with E-state index in [1.807, 2.05) is 53.4 Å². The van der Waals surface area contributed by atoms with Crippen molar-refractivity contribution in [3.05, 3.63) is 57.7 Å². The van der Waals surface area contributed by atoms with Gasteiger partial charge in [0.1, 0.15) is 5.75 Å². The van der Waals surface area contributed by atoms with Crippen LogP contribution in [0.2, 0.25) is 0 Å². The zero-order chi connectivity index (χ0) is 20.6. The molecule has 2 atom stereocenters. The Kier molecular flexibility index (Phi) is 5.90. The number of amides is 1. The van der Waals surface area contributed by atoms with Crippen LogP contribution in [0.1, 0.15) is 5.56 Å². The standard InChI is InChI=1S/C20H19IN2O4S2/c1-27-17-8-3-2-5-13(17)9-19(24)22-20-23(15-7-4-6-14(21)10-15)16-11-29(25,26)12-18(16)28-20/h2-8,10,16,18H,9,11-12H2,1H3/t16-,18-/m1/s1. The second-order valence-electron chi connectivity index (χ2n) is 6.93. The first-order valence-electron chi connectivity index (χ1n) is 9.01. The number of rotatable bonds is 4. The van der Waals surface area contributed by atoms with E-state index < -0.39 is 9.84 Å². The summed E-state index contributed by atoms with van der Waals surface area (Å²) in [6.07, 6.45) is 0.127. The Morgan fingerprint density at radius 3 is 2.79 bits per heavy atom. The van der Waals surface area contributed by atoms with Gasteiger partial charge in [0.05, 0.1) is 31.1 Å². The number of nitrogens with zero attached hydrogens (tertiary/aromatic N) is 2. The van der Waals surface area contributed by atoms with E-state index in [0.29, 0.717) is 10.9 Å². The summed E-state index contributed by atoms with van der Waals surface area (Å²) in [6, 6.07) is 15.0. The number of hydrogen-bond donors (Lipinski definition) is 0. The predicted molar refractivity (Wildman–Crippen MR) is 125 cm³/mol. The van der Waals surface area contributed by atoms with Gasteiger partial charge in [-0.2, -0.15) is 4.99 Å². The number of ether oxygens (including phenoxy) is 1. The molecule has 152 valence electrons. The lowest BCUT2D eigenvalue weighted by atomic mass is 10.1. The van der Waals surface area contributed by atoms with Crippen molar-refractivity contribution in [3.8, 4) is 5.75 Å². The first-order chi connectivity index (χ1) is 13.9. The molecule has 0 saturated carbocycles. The maximum atomic E-state index is 12.7. The molecule has 0 unspecified atom stereocenters. The van der Waals surface area contributed by atoms with E-state index >= 15 is 0 Å². The quantitative estimate of drug-likeness (QED) is 0.553. The topological polar surface area (TPSA) is 76.0 Å². The van der Waals surface area contributed by atoms with Crippen LogP contribution in [0.15, 0.2) is 53.5 Å². The second kappa shape index (κ2) is 8.27. The maximum Gasteiger partial charge on any atom is 0.252 e. The van der Waals surface area contributed by atoms with Crippen molar-refractivity contribution in [2.45, 2.75) is 17.7 Å². The number of halogens is 1. The first-order valence-corrected chi connectivity index (χ1v) is 12.8. The molecule has 0 aliphatic carbocycles. The Morgan fingerprint density at radius 2 is 2.03 bits per heavy atom. The van der Waals surface area contributed by atoms with Crippen LogP contribution in [0.25, 0.3) is 0 Å². The van der Waals surface area contributed by atoms with Crippen molar-refractivity contribution in [1.82, 2.24) is 0 Å². The number of methoxy groups -OCH3 is 1. The predicted octanol–water partition coefficient (Wildman–Crippen LogP) is 3.14. The van der Waals surface area contributed by atoms with Gasteiger partial charge in [-0.05, 0) is 46.9 Å². The molecule has 6 nitrogen and oxygen atoms in total. The first kappa shape index (κ1) is 20.7. The van der Waals surface area contributed by atoms with Crippen molar-refractivity contribution in [2.75, 3.05) is 23.5 Å². The summed E-state index contributed by atoms with van der Waals surface area (Å²) in [4.78, 5) is 19.0. The highest BCUT2D eigenvalue weighted by molar-refractivity contribution is 14.1. The Hall–Kier alpha value is -1.59. The van der Waals surface area contributed by atoms with Crippen LogP contribution in [0.3, 0.4) is 0 Å². The van der Waals surface area contributed by atoms with Crippen molar-refractivity contribution < 1.29 is 17.9 Å². The van der Waals surface area contributed by atoms with Gasteiger partial charge in [0.25, 0.3) is 5.91 Å². The number of carbonyl (C=O) groups excluding carboxylic acids is 1. The molecule has 0 radical (unpaired) electrons. The SMILES string of the molecule is COc1ccccc1CC(=O)N=C1S[C@@H]2CS(=O)(=O)C[C@H]2N1c1cccc(I)c1. The van der Waals surface area contributed by atoms with E-state index in [-0.39, 0.29) is 35.1 Å². The minimum atomic E-state index is -3.09. The third-order valence-electron chi connectivity index (χ3n) is 4.91. The van der Waals surface area contributed by atoms with Gasteiger partial charge in [0.2, 0.25) is 0 Å². The number of aliphatic imine (C=N–C) groups is 1. The largest absolute Gasteiger partial charge is 0.496 e. The molecule has 2 fully saturated rings. The lowest BCUT2D eigenvalue weighted by molar-refractivity contribution is -0.117. The van der Waals surface area contributed by atoms with Crippen LogP contribution >= 0.6 is 34.4 Å². The minimum Gasteiger partial charge on any atom is -0.496 e. The van der Waals surface area contributed by atoms with Crippen LogP contribution in [-0.2, 0) is 21.1 Å². The van der Waals surface area contributed by atoms with Crippen LogP contribution in [0.5, 0.6) is 5.75 Å². The fraction of sp³-hybridized carbons (Fsp3) is 0.300. The van der Waals surface area contributed by atoms with Crippen LogP contribution in [-0.4, -0.2) is 49.4 Å². The van der Waals surface area contributed by atoms with Gasteiger partial charge in [-0.25, -0.2) is 8.42 Å². The van der Waals surface area contributed by atoms with Gasteiger partial charge < -0.3 is 9.64 Å². The number of anilines is 1. The zero-order valence-corrected chi connectivity index (χ0v) is 19.4. The average Bonchev–Trinajstić information content (AvgIpc) is 3.12. The van der Waals surface area contributed by atoms with Crippen molar-refractivity contribution in [2.24, 2.45) is 4.99 Å². The summed E-state index contributed by atoms with van der Waals surface area (Å²) in [7, 11) is -1.51. The second-order valence-corrected chi connectivity index (χ2v) is 11.5. The van der Waals surface area contributed by atoms with Gasteiger partial charge in [-0.3, -0.25) is 4.79 Å². The van der Waals surface area contributed by atoms with Crippen molar-refractivity contribution >= 4 is 61.0 Å². The fourth-order valence-corrected chi connectivity index (χ4v) is 8.11. The van der Waals surface area contributed by atoms with E-state index in [9.17, 15) is 13.2 Å². The monoisotopic (exact) mass is 542 g/mol.